The number of sulfone groups is 1. The highest BCUT2D eigenvalue weighted by Gasteiger charge is 2.36. The van der Waals surface area contributed by atoms with Gasteiger partial charge in [-0.25, -0.2) is 8.42 Å². The van der Waals surface area contributed by atoms with E-state index in [9.17, 15) is 13.5 Å². The van der Waals surface area contributed by atoms with Gasteiger partial charge in [0.25, 0.3) is 0 Å². The molecule has 0 radical (unpaired) electrons. The van der Waals surface area contributed by atoms with Crippen LogP contribution in [0, 0.1) is 0 Å². The average Bonchev–Trinajstić information content (AvgIpc) is 2.29. The van der Waals surface area contributed by atoms with Crippen molar-refractivity contribution in [2.24, 2.45) is 0 Å². The smallest absolute Gasteiger partial charge is 0.156 e. The minimum atomic E-state index is -3.19. The molecule has 2 atom stereocenters. The Morgan fingerprint density at radius 1 is 1.38 bits per heavy atom. The second-order valence-corrected chi connectivity index (χ2v) is 6.32. The van der Waals surface area contributed by atoms with Crippen LogP contribution in [-0.2, 0) is 9.84 Å². The molecule has 1 aliphatic rings. The van der Waals surface area contributed by atoms with Gasteiger partial charge in [-0.15, -0.1) is 0 Å². The van der Waals surface area contributed by atoms with Crippen molar-refractivity contribution in [2.75, 3.05) is 5.75 Å². The fourth-order valence-corrected chi connectivity index (χ4v) is 3.96. The fourth-order valence-electron chi connectivity index (χ4n) is 1.99. The average molecular weight is 242 g/mol. The molecule has 1 fully saturated rings. The van der Waals surface area contributed by atoms with Gasteiger partial charge in [-0.2, -0.15) is 0 Å². The largest absolute Gasteiger partial charge is 0.385 e. The number of nitrogens with zero attached hydrogens (tertiary/aromatic N) is 2. The maximum atomic E-state index is 11.8. The standard InChI is InChI=1S/C10H14N2O3S/c13-10(8-7-11-4-5-12-8)9-3-1-2-6-16(9,14)15/h4-5,7,9-10,13H,1-3,6H2. The number of hydrogen-bond donors (Lipinski definition) is 1. The summed E-state index contributed by atoms with van der Waals surface area (Å²) in [5, 5.41) is 9.28. The van der Waals surface area contributed by atoms with Crippen LogP contribution in [0.2, 0.25) is 0 Å². The number of aromatic nitrogens is 2. The van der Waals surface area contributed by atoms with Crippen LogP contribution in [0.1, 0.15) is 31.1 Å². The number of hydrogen-bond acceptors (Lipinski definition) is 5. The minimum absolute atomic E-state index is 0.162. The zero-order valence-corrected chi connectivity index (χ0v) is 9.60. The van der Waals surface area contributed by atoms with Crippen molar-refractivity contribution in [1.29, 1.82) is 0 Å². The Labute approximate surface area is 94.5 Å². The van der Waals surface area contributed by atoms with E-state index in [0.29, 0.717) is 18.5 Å². The summed E-state index contributed by atoms with van der Waals surface area (Å²) in [7, 11) is -3.19. The first-order chi connectivity index (χ1) is 7.61. The molecule has 0 aromatic carbocycles. The summed E-state index contributed by atoms with van der Waals surface area (Å²) in [5.74, 6) is 0.162. The molecule has 2 rings (SSSR count). The molecule has 0 spiro atoms. The van der Waals surface area contributed by atoms with Gasteiger partial charge in [-0.1, -0.05) is 6.42 Å². The lowest BCUT2D eigenvalue weighted by Gasteiger charge is -2.25. The van der Waals surface area contributed by atoms with Gasteiger partial charge in [0.05, 0.1) is 22.9 Å². The van der Waals surface area contributed by atoms with Crippen LogP contribution in [0.4, 0.5) is 0 Å². The lowest BCUT2D eigenvalue weighted by molar-refractivity contribution is 0.159. The van der Waals surface area contributed by atoms with Crippen molar-refractivity contribution >= 4 is 9.84 Å². The van der Waals surface area contributed by atoms with Crippen LogP contribution < -0.4 is 0 Å². The van der Waals surface area contributed by atoms with E-state index in [1.54, 1.807) is 0 Å². The molecule has 6 heteroatoms. The minimum Gasteiger partial charge on any atom is -0.385 e. The zero-order valence-electron chi connectivity index (χ0n) is 8.78. The third kappa shape index (κ3) is 2.22. The molecule has 2 unspecified atom stereocenters. The number of rotatable bonds is 2. The molecule has 0 aliphatic carbocycles. The Bertz CT molecular complexity index is 446. The zero-order chi connectivity index (χ0) is 11.6. The van der Waals surface area contributed by atoms with Crippen molar-refractivity contribution in [3.8, 4) is 0 Å². The molecule has 0 amide bonds. The molecule has 1 saturated heterocycles. The Balaban J connectivity index is 2.24. The summed E-state index contributed by atoms with van der Waals surface area (Å²) in [4.78, 5) is 7.77. The highest BCUT2D eigenvalue weighted by molar-refractivity contribution is 7.92. The van der Waals surface area contributed by atoms with Gasteiger partial charge in [0.2, 0.25) is 0 Å². The van der Waals surface area contributed by atoms with E-state index in [4.69, 9.17) is 0 Å². The lowest BCUT2D eigenvalue weighted by atomic mass is 10.1. The molecule has 2 heterocycles. The van der Waals surface area contributed by atoms with Crippen LogP contribution >= 0.6 is 0 Å². The second kappa shape index (κ2) is 4.47. The highest BCUT2D eigenvalue weighted by atomic mass is 32.2. The molecule has 16 heavy (non-hydrogen) atoms. The fraction of sp³-hybridized carbons (Fsp3) is 0.600. The maximum Gasteiger partial charge on any atom is 0.156 e. The van der Waals surface area contributed by atoms with E-state index in [1.165, 1.54) is 18.6 Å². The summed E-state index contributed by atoms with van der Waals surface area (Å²) in [6.07, 6.45) is 5.32. The van der Waals surface area contributed by atoms with Gasteiger partial charge < -0.3 is 5.11 Å². The third-order valence-electron chi connectivity index (χ3n) is 2.87. The first kappa shape index (κ1) is 11.5. The number of aliphatic hydroxyl groups is 1. The summed E-state index contributed by atoms with van der Waals surface area (Å²) in [5.41, 5.74) is 0.331. The third-order valence-corrected chi connectivity index (χ3v) is 5.14. The molecule has 1 N–H and O–H groups in total. The number of aliphatic hydroxyl groups excluding tert-OH is 1. The Morgan fingerprint density at radius 2 is 2.19 bits per heavy atom. The van der Waals surface area contributed by atoms with Crippen LogP contribution in [0.25, 0.3) is 0 Å². The van der Waals surface area contributed by atoms with Gasteiger partial charge in [-0.05, 0) is 12.8 Å². The Kier molecular flexibility index (Phi) is 3.20. The van der Waals surface area contributed by atoms with E-state index in [-0.39, 0.29) is 5.75 Å². The van der Waals surface area contributed by atoms with Gasteiger partial charge in [0.15, 0.2) is 9.84 Å². The SMILES string of the molecule is O=S1(=O)CCCCC1C(O)c1cnccn1. The van der Waals surface area contributed by atoms with E-state index >= 15 is 0 Å². The van der Waals surface area contributed by atoms with E-state index < -0.39 is 21.2 Å². The predicted octanol–water partition coefficient (Wildman–Crippen LogP) is 0.477. The van der Waals surface area contributed by atoms with Crippen molar-refractivity contribution in [2.45, 2.75) is 30.6 Å². The van der Waals surface area contributed by atoms with E-state index in [0.717, 1.165) is 6.42 Å². The van der Waals surface area contributed by atoms with Gasteiger partial charge >= 0.3 is 0 Å². The first-order valence-electron chi connectivity index (χ1n) is 5.27. The molecule has 5 nitrogen and oxygen atoms in total. The van der Waals surface area contributed by atoms with E-state index in [1.807, 2.05) is 0 Å². The predicted molar refractivity (Wildman–Crippen MR) is 58.4 cm³/mol. The quantitative estimate of drug-likeness (QED) is 0.815. The molecule has 0 bridgehead atoms. The summed E-state index contributed by atoms with van der Waals surface area (Å²) in [6, 6.07) is 0. The van der Waals surface area contributed by atoms with Crippen LogP contribution in [0.15, 0.2) is 18.6 Å². The second-order valence-electron chi connectivity index (χ2n) is 3.98. The van der Waals surface area contributed by atoms with Gasteiger partial charge in [-0.3, -0.25) is 9.97 Å². The summed E-state index contributed by atoms with van der Waals surface area (Å²) < 4.78 is 23.6. The Morgan fingerprint density at radius 3 is 2.81 bits per heavy atom. The van der Waals surface area contributed by atoms with Gasteiger partial charge in [0.1, 0.15) is 6.10 Å². The molecular weight excluding hydrogens is 228 g/mol. The van der Waals surface area contributed by atoms with Crippen molar-refractivity contribution < 1.29 is 13.5 Å². The van der Waals surface area contributed by atoms with Crippen molar-refractivity contribution in [1.82, 2.24) is 9.97 Å². The van der Waals surface area contributed by atoms with Gasteiger partial charge in [0, 0.05) is 12.4 Å². The van der Waals surface area contributed by atoms with Crippen LogP contribution in [0.5, 0.6) is 0 Å². The van der Waals surface area contributed by atoms with Crippen molar-refractivity contribution in [3.63, 3.8) is 0 Å². The molecule has 1 aromatic heterocycles. The summed E-state index contributed by atoms with van der Waals surface area (Å²) in [6.45, 7) is 0. The van der Waals surface area contributed by atoms with Crippen molar-refractivity contribution in [3.05, 3.63) is 24.3 Å². The molecule has 1 aromatic rings. The maximum absolute atomic E-state index is 11.8. The molecule has 88 valence electrons. The first-order valence-corrected chi connectivity index (χ1v) is 6.98. The monoisotopic (exact) mass is 242 g/mol. The normalized spacial score (nSPS) is 26.2. The summed E-state index contributed by atoms with van der Waals surface area (Å²) >= 11 is 0. The Hall–Kier alpha value is -1.01. The molecular formula is C10H14N2O3S. The van der Waals surface area contributed by atoms with Crippen LogP contribution in [-0.4, -0.2) is 34.5 Å². The molecule has 0 saturated carbocycles. The molecule has 1 aliphatic heterocycles. The lowest BCUT2D eigenvalue weighted by Crippen LogP contribution is -2.34. The van der Waals surface area contributed by atoms with Crippen LogP contribution in [0.3, 0.4) is 0 Å². The highest BCUT2D eigenvalue weighted by Crippen LogP contribution is 2.29. The van der Waals surface area contributed by atoms with E-state index in [2.05, 4.69) is 9.97 Å². The topological polar surface area (TPSA) is 80.2 Å².